The second-order valence-electron chi connectivity index (χ2n) is 3.57. The van der Waals surface area contributed by atoms with Gasteiger partial charge in [0.15, 0.2) is 0 Å². The average Bonchev–Trinajstić information content (AvgIpc) is 2.01. The smallest absolute Gasteiger partial charge is 0.0804 e. The van der Waals surface area contributed by atoms with E-state index in [0.717, 1.165) is 0 Å². The van der Waals surface area contributed by atoms with E-state index in [1.807, 2.05) is 20.8 Å². The number of nitrogens with zero attached hydrogens (tertiary/aromatic N) is 1. The van der Waals surface area contributed by atoms with Crippen LogP contribution in [0.2, 0.25) is 0 Å². The zero-order valence-electron chi connectivity index (χ0n) is 7.76. The number of rotatable bonds is 3. The first-order chi connectivity index (χ1) is 4.98. The highest BCUT2D eigenvalue weighted by Gasteiger charge is 2.32. The maximum atomic E-state index is 9.62. The van der Waals surface area contributed by atoms with E-state index < -0.39 is 11.5 Å². The van der Waals surface area contributed by atoms with Crippen molar-refractivity contribution in [2.24, 2.45) is 11.3 Å². The van der Waals surface area contributed by atoms with Gasteiger partial charge in [-0.2, -0.15) is 5.26 Å². The third-order valence-electron chi connectivity index (χ3n) is 2.27. The number of hydrogen-bond donors (Lipinski definition) is 1. The van der Waals surface area contributed by atoms with Gasteiger partial charge in [-0.3, -0.25) is 0 Å². The highest BCUT2D eigenvalue weighted by molar-refractivity contribution is 5.00. The van der Waals surface area contributed by atoms with Crippen LogP contribution in [-0.2, 0) is 0 Å². The summed E-state index contributed by atoms with van der Waals surface area (Å²) in [5.41, 5.74) is -0.575. The largest absolute Gasteiger partial charge is 0.391 e. The summed E-state index contributed by atoms with van der Waals surface area (Å²) in [4.78, 5) is 0. The first-order valence-corrected chi connectivity index (χ1v) is 4.07. The van der Waals surface area contributed by atoms with Gasteiger partial charge in [-0.25, -0.2) is 0 Å². The standard InChI is InChI=1S/C9H17NO/c1-5-9(4,6-10)8(11)7(2)3/h7-8,11H,5H2,1-4H3. The van der Waals surface area contributed by atoms with Gasteiger partial charge in [0.05, 0.1) is 17.6 Å². The minimum Gasteiger partial charge on any atom is -0.391 e. The summed E-state index contributed by atoms with van der Waals surface area (Å²) < 4.78 is 0. The quantitative estimate of drug-likeness (QED) is 0.677. The van der Waals surface area contributed by atoms with Crippen molar-refractivity contribution in [3.8, 4) is 6.07 Å². The molecule has 2 atom stereocenters. The fourth-order valence-electron chi connectivity index (χ4n) is 1.09. The Labute approximate surface area is 68.8 Å². The van der Waals surface area contributed by atoms with E-state index in [4.69, 9.17) is 5.26 Å². The number of hydrogen-bond acceptors (Lipinski definition) is 2. The van der Waals surface area contributed by atoms with Crippen molar-refractivity contribution in [1.82, 2.24) is 0 Å². The molecule has 0 amide bonds. The van der Waals surface area contributed by atoms with E-state index in [0.29, 0.717) is 6.42 Å². The van der Waals surface area contributed by atoms with Crippen molar-refractivity contribution < 1.29 is 5.11 Å². The molecule has 2 heteroatoms. The molecule has 0 aromatic rings. The van der Waals surface area contributed by atoms with Crippen LogP contribution in [0.1, 0.15) is 34.1 Å². The Hall–Kier alpha value is -0.550. The Balaban J connectivity index is 4.40. The first-order valence-electron chi connectivity index (χ1n) is 4.07. The molecule has 0 aromatic heterocycles. The van der Waals surface area contributed by atoms with Gasteiger partial charge in [0.2, 0.25) is 0 Å². The summed E-state index contributed by atoms with van der Waals surface area (Å²) in [7, 11) is 0. The second-order valence-corrected chi connectivity index (χ2v) is 3.57. The Morgan fingerprint density at radius 2 is 2.00 bits per heavy atom. The lowest BCUT2D eigenvalue weighted by Gasteiger charge is -2.28. The molecule has 0 aromatic carbocycles. The van der Waals surface area contributed by atoms with Gasteiger partial charge in [-0.15, -0.1) is 0 Å². The summed E-state index contributed by atoms with van der Waals surface area (Å²) in [5, 5.41) is 18.4. The third kappa shape index (κ3) is 2.20. The highest BCUT2D eigenvalue weighted by Crippen LogP contribution is 2.28. The summed E-state index contributed by atoms with van der Waals surface area (Å²) in [6.07, 6.45) is 0.181. The van der Waals surface area contributed by atoms with Gasteiger partial charge >= 0.3 is 0 Å². The molecule has 11 heavy (non-hydrogen) atoms. The number of aliphatic hydroxyl groups is 1. The van der Waals surface area contributed by atoms with E-state index in [2.05, 4.69) is 6.07 Å². The monoisotopic (exact) mass is 155 g/mol. The third-order valence-corrected chi connectivity index (χ3v) is 2.27. The molecule has 0 saturated heterocycles. The molecule has 0 fully saturated rings. The molecule has 0 saturated carbocycles. The van der Waals surface area contributed by atoms with Crippen molar-refractivity contribution in [3.05, 3.63) is 0 Å². The number of aliphatic hydroxyl groups excluding tert-OH is 1. The van der Waals surface area contributed by atoms with Gasteiger partial charge in [0, 0.05) is 0 Å². The molecule has 0 heterocycles. The minimum atomic E-state index is -0.575. The van der Waals surface area contributed by atoms with Crippen LogP contribution in [0.5, 0.6) is 0 Å². The van der Waals surface area contributed by atoms with Crippen LogP contribution < -0.4 is 0 Å². The minimum absolute atomic E-state index is 0.152. The van der Waals surface area contributed by atoms with Crippen LogP contribution in [0.4, 0.5) is 0 Å². The lowest BCUT2D eigenvalue weighted by atomic mass is 9.78. The summed E-state index contributed by atoms with van der Waals surface area (Å²) in [6, 6.07) is 2.16. The van der Waals surface area contributed by atoms with Crippen LogP contribution in [0, 0.1) is 22.7 Å². The molecule has 0 rings (SSSR count). The van der Waals surface area contributed by atoms with Gasteiger partial charge in [0.1, 0.15) is 0 Å². The molecule has 1 N–H and O–H groups in total. The second kappa shape index (κ2) is 3.73. The summed E-state index contributed by atoms with van der Waals surface area (Å²) in [6.45, 7) is 7.58. The Kier molecular flexibility index (Phi) is 3.54. The molecule has 0 spiro atoms. The van der Waals surface area contributed by atoms with Crippen molar-refractivity contribution in [1.29, 1.82) is 5.26 Å². The molecule has 0 aliphatic carbocycles. The lowest BCUT2D eigenvalue weighted by Crippen LogP contribution is -2.34. The summed E-state index contributed by atoms with van der Waals surface area (Å²) >= 11 is 0. The molecule has 2 nitrogen and oxygen atoms in total. The Morgan fingerprint density at radius 1 is 1.55 bits per heavy atom. The van der Waals surface area contributed by atoms with Crippen LogP contribution in [0.15, 0.2) is 0 Å². The fraction of sp³-hybridized carbons (Fsp3) is 0.889. The zero-order valence-corrected chi connectivity index (χ0v) is 7.76. The van der Waals surface area contributed by atoms with Crippen molar-refractivity contribution >= 4 is 0 Å². The first kappa shape index (κ1) is 10.4. The van der Waals surface area contributed by atoms with E-state index in [9.17, 15) is 5.11 Å². The molecular weight excluding hydrogens is 138 g/mol. The van der Waals surface area contributed by atoms with Gasteiger partial charge in [0.25, 0.3) is 0 Å². The summed E-state index contributed by atoms with van der Waals surface area (Å²) in [5.74, 6) is 0.152. The maximum Gasteiger partial charge on any atom is 0.0804 e. The van der Waals surface area contributed by atoms with Gasteiger partial charge in [-0.05, 0) is 19.3 Å². The SMILES string of the molecule is CCC(C)(C#N)C(O)C(C)C. The number of nitriles is 1. The molecule has 0 radical (unpaired) electrons. The highest BCUT2D eigenvalue weighted by atomic mass is 16.3. The van der Waals surface area contributed by atoms with Gasteiger partial charge in [-0.1, -0.05) is 20.8 Å². The molecule has 0 aliphatic heterocycles. The van der Waals surface area contributed by atoms with Crippen LogP contribution in [-0.4, -0.2) is 11.2 Å². The molecule has 0 aliphatic rings. The fourth-order valence-corrected chi connectivity index (χ4v) is 1.09. The molecule has 0 bridgehead atoms. The average molecular weight is 155 g/mol. The predicted octanol–water partition coefficient (Wildman–Crippen LogP) is 1.94. The lowest BCUT2D eigenvalue weighted by molar-refractivity contribution is 0.0331. The van der Waals surface area contributed by atoms with E-state index in [1.165, 1.54) is 0 Å². The Morgan fingerprint density at radius 3 is 2.09 bits per heavy atom. The van der Waals surface area contributed by atoms with E-state index >= 15 is 0 Å². The van der Waals surface area contributed by atoms with Crippen molar-refractivity contribution in [2.75, 3.05) is 0 Å². The van der Waals surface area contributed by atoms with Crippen LogP contribution in [0.25, 0.3) is 0 Å². The van der Waals surface area contributed by atoms with Gasteiger partial charge < -0.3 is 5.11 Å². The van der Waals surface area contributed by atoms with E-state index in [1.54, 1.807) is 6.92 Å². The molecule has 2 unspecified atom stereocenters. The normalized spacial score (nSPS) is 19.0. The molecular formula is C9H17NO. The predicted molar refractivity (Wildman–Crippen MR) is 44.9 cm³/mol. The van der Waals surface area contributed by atoms with Crippen LogP contribution >= 0.6 is 0 Å². The van der Waals surface area contributed by atoms with Crippen molar-refractivity contribution in [2.45, 2.75) is 40.2 Å². The van der Waals surface area contributed by atoms with E-state index in [-0.39, 0.29) is 5.92 Å². The van der Waals surface area contributed by atoms with Crippen molar-refractivity contribution in [3.63, 3.8) is 0 Å². The maximum absolute atomic E-state index is 9.62. The van der Waals surface area contributed by atoms with Crippen LogP contribution in [0.3, 0.4) is 0 Å². The topological polar surface area (TPSA) is 44.0 Å². The Bertz CT molecular complexity index is 159. The molecule has 64 valence electrons. The zero-order chi connectivity index (χ0) is 9.07.